The molecule has 2 unspecified atom stereocenters. The zero-order chi connectivity index (χ0) is 17.8. The fourth-order valence-electron chi connectivity index (χ4n) is 3.54. The molecule has 3 atom stereocenters. The lowest BCUT2D eigenvalue weighted by atomic mass is 10.1. The number of nitrogens with zero attached hydrogens (tertiary/aromatic N) is 2. The summed E-state index contributed by atoms with van der Waals surface area (Å²) in [4.78, 5) is 17.1. The van der Waals surface area contributed by atoms with Gasteiger partial charge in [0.2, 0.25) is 0 Å². The molecule has 138 valence electrons. The van der Waals surface area contributed by atoms with Crippen molar-refractivity contribution in [1.82, 2.24) is 9.80 Å². The molecule has 1 amide bonds. The molecule has 2 aliphatic heterocycles. The number of ether oxygens (including phenoxy) is 1. The highest BCUT2D eigenvalue weighted by Gasteiger charge is 2.29. The summed E-state index contributed by atoms with van der Waals surface area (Å²) in [5, 5.41) is 0. The van der Waals surface area contributed by atoms with E-state index in [4.69, 9.17) is 4.74 Å². The van der Waals surface area contributed by atoms with Gasteiger partial charge in [-0.15, -0.1) is 0 Å². The van der Waals surface area contributed by atoms with Gasteiger partial charge in [0.1, 0.15) is 0 Å². The Morgan fingerprint density at radius 2 is 2.12 bits per heavy atom. The molecule has 25 heavy (non-hydrogen) atoms. The maximum atomic E-state index is 12.7. The van der Waals surface area contributed by atoms with Gasteiger partial charge >= 0.3 is 0 Å². The van der Waals surface area contributed by atoms with Crippen LogP contribution in [-0.2, 0) is 16.0 Å². The molecule has 0 bridgehead atoms. The molecule has 0 spiro atoms. The van der Waals surface area contributed by atoms with Crippen LogP contribution in [0.25, 0.3) is 0 Å². The summed E-state index contributed by atoms with van der Waals surface area (Å²) in [7, 11) is 0. The number of hydrogen-bond acceptors (Lipinski definition) is 5. The fourth-order valence-corrected chi connectivity index (χ4v) is 3.86. The zero-order valence-electron chi connectivity index (χ0n) is 14.3. The molecule has 8 heteroatoms. The van der Waals surface area contributed by atoms with Crippen molar-refractivity contribution in [2.45, 2.75) is 19.4 Å². The number of amides is 1. The number of carbonyl (C=O) groups is 1. The standard InChI is InChI=1S/C17H25N3O4S/c1-13-10-19(11-14-6-9-24-12-14)7-8-20(13)17(21)15-2-4-16(5-3-15)18-25(22)23/h2-5,13-14,18H,6-12H2,1H3,(H,22,23)/p-1/t13-,14?/m0/s1. The van der Waals surface area contributed by atoms with Crippen LogP contribution in [0.15, 0.2) is 24.3 Å². The van der Waals surface area contributed by atoms with Gasteiger partial charge in [-0.05, 0) is 43.5 Å². The maximum absolute atomic E-state index is 12.7. The second-order valence-electron chi connectivity index (χ2n) is 6.75. The highest BCUT2D eigenvalue weighted by molar-refractivity contribution is 7.80. The number of anilines is 1. The van der Waals surface area contributed by atoms with Crippen LogP contribution in [0.4, 0.5) is 5.69 Å². The van der Waals surface area contributed by atoms with Crippen LogP contribution in [0.1, 0.15) is 23.7 Å². The third-order valence-electron chi connectivity index (χ3n) is 4.85. The molecule has 2 fully saturated rings. The SMILES string of the molecule is C[C@H]1CN(CC2CCOC2)CCN1C(=O)c1ccc(NS(=O)[O-])cc1. The van der Waals surface area contributed by atoms with Crippen LogP contribution in [0.2, 0.25) is 0 Å². The van der Waals surface area contributed by atoms with Gasteiger partial charge in [0.25, 0.3) is 5.91 Å². The lowest BCUT2D eigenvalue weighted by molar-refractivity contribution is 0.0452. The largest absolute Gasteiger partial charge is 0.755 e. The number of nitrogens with one attached hydrogen (secondary N) is 1. The Labute approximate surface area is 150 Å². The molecule has 0 saturated carbocycles. The first-order chi connectivity index (χ1) is 12.0. The normalized spacial score (nSPS) is 25.8. The Morgan fingerprint density at radius 1 is 1.36 bits per heavy atom. The van der Waals surface area contributed by atoms with E-state index in [0.29, 0.717) is 23.7 Å². The van der Waals surface area contributed by atoms with E-state index in [-0.39, 0.29) is 11.9 Å². The van der Waals surface area contributed by atoms with Gasteiger partial charge in [0.15, 0.2) is 0 Å². The second kappa shape index (κ2) is 8.27. The van der Waals surface area contributed by atoms with Crippen molar-refractivity contribution in [1.29, 1.82) is 0 Å². The summed E-state index contributed by atoms with van der Waals surface area (Å²) in [6, 6.07) is 6.67. The monoisotopic (exact) mass is 366 g/mol. The average molecular weight is 366 g/mol. The van der Waals surface area contributed by atoms with E-state index in [1.807, 2.05) is 4.90 Å². The minimum atomic E-state index is -2.36. The third kappa shape index (κ3) is 4.78. The molecule has 0 aliphatic carbocycles. The quantitative estimate of drug-likeness (QED) is 0.788. The van der Waals surface area contributed by atoms with E-state index in [1.54, 1.807) is 24.3 Å². The zero-order valence-corrected chi connectivity index (χ0v) is 15.2. The van der Waals surface area contributed by atoms with E-state index in [0.717, 1.165) is 39.3 Å². The Bertz CT molecular complexity index is 619. The van der Waals surface area contributed by atoms with Crippen LogP contribution < -0.4 is 4.72 Å². The van der Waals surface area contributed by atoms with Gasteiger partial charge in [0, 0.05) is 61.3 Å². The van der Waals surface area contributed by atoms with Gasteiger partial charge in [-0.25, -0.2) is 0 Å². The van der Waals surface area contributed by atoms with Crippen LogP contribution >= 0.6 is 0 Å². The summed E-state index contributed by atoms with van der Waals surface area (Å²) in [5.41, 5.74) is 1.02. The van der Waals surface area contributed by atoms with E-state index in [2.05, 4.69) is 16.5 Å². The van der Waals surface area contributed by atoms with Crippen molar-refractivity contribution in [2.75, 3.05) is 44.1 Å². The topological polar surface area (TPSA) is 84.9 Å². The first-order valence-electron chi connectivity index (χ1n) is 8.60. The van der Waals surface area contributed by atoms with Crippen LogP contribution in [0.5, 0.6) is 0 Å². The smallest absolute Gasteiger partial charge is 0.254 e. The van der Waals surface area contributed by atoms with Crippen molar-refractivity contribution >= 4 is 22.9 Å². The van der Waals surface area contributed by atoms with E-state index in [1.165, 1.54) is 0 Å². The number of carbonyl (C=O) groups excluding carboxylic acids is 1. The molecular formula is C17H24N3O4S-. The molecule has 1 aromatic rings. The summed E-state index contributed by atoms with van der Waals surface area (Å²) in [6.45, 7) is 7.28. The number of piperazine rings is 1. The molecule has 7 nitrogen and oxygen atoms in total. The van der Waals surface area contributed by atoms with E-state index >= 15 is 0 Å². The Kier molecular flexibility index (Phi) is 6.06. The second-order valence-corrected chi connectivity index (χ2v) is 7.42. The van der Waals surface area contributed by atoms with Gasteiger partial charge in [-0.2, -0.15) is 0 Å². The first kappa shape index (κ1) is 18.3. The summed E-state index contributed by atoms with van der Waals surface area (Å²) in [5.74, 6) is 0.604. The molecule has 0 radical (unpaired) electrons. The molecule has 0 aromatic heterocycles. The lowest BCUT2D eigenvalue weighted by Gasteiger charge is -2.40. The third-order valence-corrected chi connectivity index (χ3v) is 5.25. The number of hydrogen-bond donors (Lipinski definition) is 1. The Balaban J connectivity index is 1.56. The van der Waals surface area contributed by atoms with Crippen molar-refractivity contribution in [3.05, 3.63) is 29.8 Å². The molecule has 2 heterocycles. The predicted octanol–water partition coefficient (Wildman–Crippen LogP) is 1.08. The van der Waals surface area contributed by atoms with Crippen LogP contribution in [0.3, 0.4) is 0 Å². The minimum Gasteiger partial charge on any atom is -0.755 e. The minimum absolute atomic E-state index is 0.00820. The van der Waals surface area contributed by atoms with Crippen molar-refractivity contribution in [2.24, 2.45) is 5.92 Å². The molecular weight excluding hydrogens is 342 g/mol. The van der Waals surface area contributed by atoms with E-state index in [9.17, 15) is 13.6 Å². The molecule has 1 N–H and O–H groups in total. The van der Waals surface area contributed by atoms with Gasteiger partial charge in [0.05, 0.1) is 6.61 Å². The summed E-state index contributed by atoms with van der Waals surface area (Å²) in [6.07, 6.45) is 1.13. The van der Waals surface area contributed by atoms with E-state index < -0.39 is 11.3 Å². The fraction of sp³-hybridized carbons (Fsp3) is 0.588. The van der Waals surface area contributed by atoms with Gasteiger partial charge in [-0.3, -0.25) is 13.9 Å². The highest BCUT2D eigenvalue weighted by atomic mass is 32.2. The molecule has 1 aromatic carbocycles. The van der Waals surface area contributed by atoms with Gasteiger partial charge < -0.3 is 18.9 Å². The van der Waals surface area contributed by atoms with Gasteiger partial charge in [-0.1, -0.05) is 0 Å². The highest BCUT2D eigenvalue weighted by Crippen LogP contribution is 2.19. The Hall–Kier alpha value is -1.48. The summed E-state index contributed by atoms with van der Waals surface area (Å²) < 4.78 is 29.0. The average Bonchev–Trinajstić information content (AvgIpc) is 3.07. The molecule has 2 aliphatic rings. The number of benzene rings is 1. The predicted molar refractivity (Wildman–Crippen MR) is 94.8 cm³/mol. The molecule has 2 saturated heterocycles. The molecule has 3 rings (SSSR count). The lowest BCUT2D eigenvalue weighted by Crippen LogP contribution is -2.54. The Morgan fingerprint density at radius 3 is 2.72 bits per heavy atom. The maximum Gasteiger partial charge on any atom is 0.254 e. The summed E-state index contributed by atoms with van der Waals surface area (Å²) >= 11 is -2.36. The van der Waals surface area contributed by atoms with Crippen LogP contribution in [-0.4, -0.2) is 69.9 Å². The van der Waals surface area contributed by atoms with Crippen molar-refractivity contribution in [3.8, 4) is 0 Å². The first-order valence-corrected chi connectivity index (χ1v) is 9.67. The van der Waals surface area contributed by atoms with Crippen LogP contribution in [0, 0.1) is 5.92 Å². The van der Waals surface area contributed by atoms with Crippen molar-refractivity contribution in [3.63, 3.8) is 0 Å². The number of rotatable bonds is 5. The van der Waals surface area contributed by atoms with Crippen molar-refractivity contribution < 1.29 is 18.3 Å².